The smallest absolute Gasteiger partial charge is 0.269 e. The average molecular weight is 854 g/mol. The predicted octanol–water partition coefficient (Wildman–Crippen LogP) is 4.66. The molecular formula is C44H49ClFN9O6. The van der Waals surface area contributed by atoms with E-state index in [0.717, 1.165) is 55.7 Å². The van der Waals surface area contributed by atoms with Gasteiger partial charge in [-0.15, -0.1) is 10.2 Å². The monoisotopic (exact) mass is 853 g/mol. The Hall–Kier alpha value is -5.66. The molecule has 5 aliphatic rings. The van der Waals surface area contributed by atoms with Gasteiger partial charge in [0.15, 0.2) is 11.5 Å². The SMILES string of the molecule is CC1(C)C(Oc2ccc(C#N)c(Cl)c2)C(C)(C)C1N1C(=O)CCC(N2C(=O)c3cc(F)c(N4CCN(CCC5CCN(c6ccc(C(N)=O)nn6)CC5)CC4)cc3C2=O)C1=O. The van der Waals surface area contributed by atoms with Crippen molar-refractivity contribution in [2.75, 3.05) is 55.6 Å². The van der Waals surface area contributed by atoms with Crippen LogP contribution in [0.4, 0.5) is 15.9 Å². The molecule has 320 valence electrons. The van der Waals surface area contributed by atoms with E-state index in [1.54, 1.807) is 30.3 Å². The number of primary amides is 1. The predicted molar refractivity (Wildman–Crippen MR) is 222 cm³/mol. The number of likely N-dealkylation sites (tertiary alicyclic amines) is 1. The summed E-state index contributed by atoms with van der Waals surface area (Å²) in [5, 5.41) is 17.6. The Labute approximate surface area is 358 Å². The fourth-order valence-corrected chi connectivity index (χ4v) is 10.8. The van der Waals surface area contributed by atoms with Crippen LogP contribution in [0.2, 0.25) is 5.02 Å². The van der Waals surface area contributed by atoms with Gasteiger partial charge in [0.05, 0.1) is 33.4 Å². The lowest BCUT2D eigenvalue weighted by Gasteiger charge is -2.65. The van der Waals surface area contributed by atoms with E-state index in [1.807, 2.05) is 38.7 Å². The first kappa shape index (κ1) is 42.0. The van der Waals surface area contributed by atoms with Crippen molar-refractivity contribution in [2.24, 2.45) is 22.5 Å². The van der Waals surface area contributed by atoms with E-state index in [1.165, 1.54) is 11.0 Å². The van der Waals surface area contributed by atoms with Crippen LogP contribution in [0, 0.1) is 33.9 Å². The lowest BCUT2D eigenvalue weighted by molar-refractivity contribution is -0.216. The molecule has 0 spiro atoms. The molecule has 15 nitrogen and oxygen atoms in total. The van der Waals surface area contributed by atoms with Gasteiger partial charge < -0.3 is 20.3 Å². The Kier molecular flexibility index (Phi) is 11.0. The standard InChI is InChI=1S/C44H49ClFN9O6/c1-43(2)41(44(3,4)42(43)61-27-6-5-26(24-47)30(45)21-27)55-36(56)10-8-33(40(55)60)54-38(58)28-22-31(46)34(23-29(28)39(54)59)52-19-17-51(18-20-52)14-11-25-12-15-53(16-13-25)35-9-7-32(37(48)57)49-50-35/h5-7,9,21-23,25,33,41-42H,8,10-20H2,1-4H3,(H2,48,57). The van der Waals surface area contributed by atoms with Crippen LogP contribution in [0.3, 0.4) is 0 Å². The maximum absolute atomic E-state index is 15.8. The molecule has 8 rings (SSSR count). The third-order valence-corrected chi connectivity index (χ3v) is 13.8. The zero-order valence-corrected chi connectivity index (χ0v) is 35.5. The number of nitrogens with zero attached hydrogens (tertiary/aromatic N) is 8. The van der Waals surface area contributed by atoms with E-state index in [2.05, 4.69) is 20.0 Å². The van der Waals surface area contributed by atoms with Crippen LogP contribution in [0.1, 0.15) is 96.6 Å². The van der Waals surface area contributed by atoms with Crippen molar-refractivity contribution in [1.29, 1.82) is 5.26 Å². The number of nitrogens with two attached hydrogens (primary N) is 1. The molecular weight excluding hydrogens is 805 g/mol. The molecule has 2 aromatic carbocycles. The van der Waals surface area contributed by atoms with E-state index in [4.69, 9.17) is 22.1 Å². The van der Waals surface area contributed by atoms with Crippen molar-refractivity contribution >= 4 is 52.6 Å². The minimum atomic E-state index is -1.24. The topological polar surface area (TPSA) is 186 Å². The highest BCUT2D eigenvalue weighted by molar-refractivity contribution is 6.31. The summed E-state index contributed by atoms with van der Waals surface area (Å²) in [6, 6.07) is 10.8. The molecule has 1 unspecified atom stereocenters. The molecule has 0 bridgehead atoms. The van der Waals surface area contributed by atoms with Gasteiger partial charge in [-0.05, 0) is 74.5 Å². The fourth-order valence-electron chi connectivity index (χ4n) is 10.6. The Bertz CT molecular complexity index is 2320. The summed E-state index contributed by atoms with van der Waals surface area (Å²) >= 11 is 6.26. The van der Waals surface area contributed by atoms with E-state index >= 15 is 4.39 Å². The number of piperazine rings is 1. The number of halogens is 2. The maximum atomic E-state index is 15.8. The molecule has 1 atom stereocenters. The van der Waals surface area contributed by atoms with Crippen LogP contribution in [0.15, 0.2) is 42.5 Å². The van der Waals surface area contributed by atoms with E-state index in [0.29, 0.717) is 43.4 Å². The Morgan fingerprint density at radius 3 is 2.16 bits per heavy atom. The van der Waals surface area contributed by atoms with Crippen molar-refractivity contribution in [1.82, 2.24) is 24.9 Å². The van der Waals surface area contributed by atoms with Gasteiger partial charge in [-0.25, -0.2) is 4.39 Å². The number of nitriles is 1. The third-order valence-electron chi connectivity index (χ3n) is 13.5. The number of aromatic nitrogens is 2. The average Bonchev–Trinajstić information content (AvgIpc) is 3.47. The van der Waals surface area contributed by atoms with Crippen LogP contribution in [0.25, 0.3) is 0 Å². The molecule has 2 N–H and O–H groups in total. The number of carbonyl (C=O) groups excluding carboxylic acids is 5. The van der Waals surface area contributed by atoms with Crippen molar-refractivity contribution in [3.63, 3.8) is 0 Å². The number of imide groups is 2. The highest BCUT2D eigenvalue weighted by Crippen LogP contribution is 2.58. The summed E-state index contributed by atoms with van der Waals surface area (Å²) in [6.45, 7) is 12.7. The molecule has 1 aliphatic carbocycles. The Morgan fingerprint density at radius 2 is 1.56 bits per heavy atom. The first-order chi connectivity index (χ1) is 29.0. The molecule has 3 saturated heterocycles. The van der Waals surface area contributed by atoms with E-state index < -0.39 is 64.4 Å². The van der Waals surface area contributed by atoms with Crippen LogP contribution >= 0.6 is 11.6 Å². The normalized spacial score (nSPS) is 24.1. The molecule has 5 heterocycles. The molecule has 4 fully saturated rings. The molecule has 5 amide bonds. The first-order valence-corrected chi connectivity index (χ1v) is 21.2. The van der Waals surface area contributed by atoms with E-state index in [-0.39, 0.29) is 40.4 Å². The molecule has 0 radical (unpaired) electrons. The highest BCUT2D eigenvalue weighted by Gasteiger charge is 2.68. The zero-order valence-electron chi connectivity index (χ0n) is 34.7. The quantitative estimate of drug-likeness (QED) is 0.279. The second kappa shape index (κ2) is 16.0. The van der Waals surface area contributed by atoms with Crippen molar-refractivity contribution in [3.8, 4) is 11.8 Å². The van der Waals surface area contributed by atoms with Gasteiger partial charge in [0.1, 0.15) is 29.8 Å². The Balaban J connectivity index is 0.883. The number of rotatable bonds is 10. The number of carbonyl (C=O) groups is 5. The molecule has 3 aromatic rings. The number of piperidine rings is 2. The summed E-state index contributed by atoms with van der Waals surface area (Å²) in [7, 11) is 0. The van der Waals surface area contributed by atoms with Gasteiger partial charge in [0.2, 0.25) is 5.91 Å². The van der Waals surface area contributed by atoms with Gasteiger partial charge >= 0.3 is 0 Å². The lowest BCUT2D eigenvalue weighted by atomic mass is 9.48. The number of hydrogen-bond donors (Lipinski definition) is 1. The van der Waals surface area contributed by atoms with Crippen molar-refractivity contribution in [3.05, 3.63) is 75.7 Å². The number of anilines is 2. The zero-order chi connectivity index (χ0) is 43.5. The van der Waals surface area contributed by atoms with Gasteiger partial charge in [-0.2, -0.15) is 5.26 Å². The lowest BCUT2D eigenvalue weighted by Crippen LogP contribution is -2.77. The molecule has 1 aromatic heterocycles. The van der Waals surface area contributed by atoms with Crippen molar-refractivity contribution < 1.29 is 33.1 Å². The number of hydrogen-bond acceptors (Lipinski definition) is 12. The molecule has 17 heteroatoms. The van der Waals surface area contributed by atoms with Gasteiger partial charge in [0.25, 0.3) is 23.6 Å². The van der Waals surface area contributed by atoms with Crippen LogP contribution < -0.4 is 20.3 Å². The maximum Gasteiger partial charge on any atom is 0.269 e. The molecule has 4 aliphatic heterocycles. The molecule has 1 saturated carbocycles. The highest BCUT2D eigenvalue weighted by atomic mass is 35.5. The number of benzene rings is 2. The van der Waals surface area contributed by atoms with Gasteiger partial charge in [-0.3, -0.25) is 38.7 Å². The largest absolute Gasteiger partial charge is 0.489 e. The summed E-state index contributed by atoms with van der Waals surface area (Å²) in [4.78, 5) is 75.8. The van der Waals surface area contributed by atoms with Gasteiger partial charge in [-0.1, -0.05) is 39.3 Å². The summed E-state index contributed by atoms with van der Waals surface area (Å²) in [6.07, 6.45) is 2.48. The first-order valence-electron chi connectivity index (χ1n) is 20.8. The summed E-state index contributed by atoms with van der Waals surface area (Å²) in [5.74, 6) is -1.99. The summed E-state index contributed by atoms with van der Waals surface area (Å²) < 4.78 is 22.2. The van der Waals surface area contributed by atoms with E-state index in [9.17, 15) is 29.2 Å². The minimum Gasteiger partial charge on any atom is -0.489 e. The summed E-state index contributed by atoms with van der Waals surface area (Å²) in [5.41, 5.74) is 4.41. The minimum absolute atomic E-state index is 0.0336. The molecule has 61 heavy (non-hydrogen) atoms. The number of amides is 5. The second-order valence-electron chi connectivity index (χ2n) is 18.0. The third kappa shape index (κ3) is 7.45. The van der Waals surface area contributed by atoms with Crippen LogP contribution in [-0.2, 0) is 9.59 Å². The van der Waals surface area contributed by atoms with Gasteiger partial charge in [0, 0.05) is 62.6 Å². The second-order valence-corrected chi connectivity index (χ2v) is 18.4. The van der Waals surface area contributed by atoms with Crippen molar-refractivity contribution in [2.45, 2.75) is 78.0 Å². The number of fused-ring (bicyclic) bond motifs is 1. The fraction of sp³-hybridized carbons (Fsp3) is 0.500. The van der Waals surface area contributed by atoms with Crippen LogP contribution in [0.5, 0.6) is 5.75 Å². The van der Waals surface area contributed by atoms with Crippen LogP contribution in [-0.4, -0.2) is 118 Å². The Morgan fingerprint density at radius 1 is 0.885 bits per heavy atom. The number of ether oxygens (including phenoxy) is 1.